The lowest BCUT2D eigenvalue weighted by Gasteiger charge is -2.30. The van der Waals surface area contributed by atoms with Crippen LogP contribution in [0.15, 0.2) is 18.7 Å². The third kappa shape index (κ3) is 3.97. The average molecular weight is 269 g/mol. The lowest BCUT2D eigenvalue weighted by Crippen LogP contribution is -2.52. The summed E-state index contributed by atoms with van der Waals surface area (Å²) in [5, 5.41) is 1.14. The van der Waals surface area contributed by atoms with Crippen molar-refractivity contribution in [3.8, 4) is 0 Å². The van der Waals surface area contributed by atoms with Gasteiger partial charge in [0.25, 0.3) is 0 Å². The van der Waals surface area contributed by atoms with Gasteiger partial charge in [-0.2, -0.15) is 5.01 Å². The lowest BCUT2D eigenvalue weighted by molar-refractivity contribution is -0.142. The molecule has 1 amide bonds. The van der Waals surface area contributed by atoms with Crippen LogP contribution in [0.2, 0.25) is 0 Å². The van der Waals surface area contributed by atoms with Crippen LogP contribution in [0.5, 0.6) is 0 Å². The first-order valence-electron chi connectivity index (χ1n) is 5.84. The number of esters is 1. The largest absolute Gasteiger partial charge is 0.467 e. The SMILES string of the molecule is COC(=O)[C@H](C)N(C(=O)OC(C)(C)C)n1ccnc1. The highest BCUT2D eigenvalue weighted by molar-refractivity contribution is 5.88. The summed E-state index contributed by atoms with van der Waals surface area (Å²) in [6.07, 6.45) is 3.80. The van der Waals surface area contributed by atoms with E-state index in [0.717, 1.165) is 5.01 Å². The van der Waals surface area contributed by atoms with E-state index in [-0.39, 0.29) is 0 Å². The quantitative estimate of drug-likeness (QED) is 0.774. The smallest absolute Gasteiger partial charge is 0.430 e. The van der Waals surface area contributed by atoms with Crippen LogP contribution in [-0.2, 0) is 14.3 Å². The number of methoxy groups -OCH3 is 1. The zero-order valence-electron chi connectivity index (χ0n) is 11.8. The molecular formula is C12H19N3O4. The average Bonchev–Trinajstić information content (AvgIpc) is 2.79. The number of aromatic nitrogens is 2. The second kappa shape index (κ2) is 5.73. The number of hydrogen-bond donors (Lipinski definition) is 0. The van der Waals surface area contributed by atoms with E-state index in [1.54, 1.807) is 33.9 Å². The molecule has 1 aromatic heterocycles. The predicted octanol–water partition coefficient (Wildman–Crippen LogP) is 1.32. The predicted molar refractivity (Wildman–Crippen MR) is 68.2 cm³/mol. The van der Waals surface area contributed by atoms with Gasteiger partial charge >= 0.3 is 12.1 Å². The zero-order valence-corrected chi connectivity index (χ0v) is 11.8. The van der Waals surface area contributed by atoms with Crippen LogP contribution < -0.4 is 5.01 Å². The number of nitrogens with zero attached hydrogens (tertiary/aromatic N) is 3. The molecule has 106 valence electrons. The van der Waals surface area contributed by atoms with Gasteiger partial charge in [0.2, 0.25) is 0 Å². The summed E-state index contributed by atoms with van der Waals surface area (Å²) in [4.78, 5) is 27.6. The van der Waals surface area contributed by atoms with Crippen LogP contribution >= 0.6 is 0 Å². The van der Waals surface area contributed by atoms with Gasteiger partial charge in [0.15, 0.2) is 6.04 Å². The Balaban J connectivity index is 3.00. The summed E-state index contributed by atoms with van der Waals surface area (Å²) < 4.78 is 11.3. The molecule has 0 spiro atoms. The first-order valence-corrected chi connectivity index (χ1v) is 5.84. The Morgan fingerprint density at radius 2 is 2.00 bits per heavy atom. The summed E-state index contributed by atoms with van der Waals surface area (Å²) in [6.45, 7) is 6.80. The van der Waals surface area contributed by atoms with E-state index < -0.39 is 23.7 Å². The second-order valence-corrected chi connectivity index (χ2v) is 4.97. The number of ether oxygens (including phenoxy) is 2. The fourth-order valence-corrected chi connectivity index (χ4v) is 1.41. The van der Waals surface area contributed by atoms with Crippen molar-refractivity contribution in [3.63, 3.8) is 0 Å². The Morgan fingerprint density at radius 1 is 1.37 bits per heavy atom. The molecule has 0 aliphatic heterocycles. The molecule has 0 saturated heterocycles. The zero-order chi connectivity index (χ0) is 14.6. The highest BCUT2D eigenvalue weighted by atomic mass is 16.6. The molecule has 1 heterocycles. The Labute approximate surface area is 112 Å². The Hall–Kier alpha value is -2.05. The number of carbonyl (C=O) groups is 2. The van der Waals surface area contributed by atoms with Gasteiger partial charge < -0.3 is 9.47 Å². The molecule has 0 N–H and O–H groups in total. The second-order valence-electron chi connectivity index (χ2n) is 4.97. The lowest BCUT2D eigenvalue weighted by atomic mass is 10.2. The highest BCUT2D eigenvalue weighted by Crippen LogP contribution is 2.12. The molecule has 0 aromatic carbocycles. The minimum Gasteiger partial charge on any atom is -0.467 e. The number of imidazole rings is 1. The van der Waals surface area contributed by atoms with E-state index in [1.807, 2.05) is 0 Å². The third-order valence-corrected chi connectivity index (χ3v) is 2.23. The molecule has 0 aliphatic rings. The van der Waals surface area contributed by atoms with Crippen molar-refractivity contribution in [1.29, 1.82) is 0 Å². The molecule has 1 aromatic rings. The fourth-order valence-electron chi connectivity index (χ4n) is 1.41. The van der Waals surface area contributed by atoms with Gasteiger partial charge in [0, 0.05) is 12.4 Å². The summed E-state index contributed by atoms with van der Waals surface area (Å²) in [6, 6.07) is -0.825. The summed E-state index contributed by atoms with van der Waals surface area (Å²) >= 11 is 0. The van der Waals surface area contributed by atoms with Crippen LogP contribution in [0.4, 0.5) is 4.79 Å². The van der Waals surface area contributed by atoms with E-state index >= 15 is 0 Å². The third-order valence-electron chi connectivity index (χ3n) is 2.23. The van der Waals surface area contributed by atoms with E-state index in [2.05, 4.69) is 9.72 Å². The van der Waals surface area contributed by atoms with Crippen LogP contribution in [0.3, 0.4) is 0 Å². The van der Waals surface area contributed by atoms with Crippen LogP contribution in [0.25, 0.3) is 0 Å². The summed E-state index contributed by atoms with van der Waals surface area (Å²) in [5.41, 5.74) is -0.661. The van der Waals surface area contributed by atoms with Gasteiger partial charge in [-0.1, -0.05) is 0 Å². The Bertz CT molecular complexity index is 436. The molecule has 7 heteroatoms. The van der Waals surface area contributed by atoms with Crippen LogP contribution in [0, 0.1) is 0 Å². The number of hydrogen-bond acceptors (Lipinski definition) is 5. The highest BCUT2D eigenvalue weighted by Gasteiger charge is 2.31. The molecule has 0 unspecified atom stereocenters. The van der Waals surface area contributed by atoms with Gasteiger partial charge in [-0.05, 0) is 27.7 Å². The van der Waals surface area contributed by atoms with Crippen molar-refractivity contribution in [2.45, 2.75) is 39.3 Å². The fraction of sp³-hybridized carbons (Fsp3) is 0.583. The summed E-state index contributed by atoms with van der Waals surface area (Å²) in [5.74, 6) is -0.542. The molecular weight excluding hydrogens is 250 g/mol. The summed E-state index contributed by atoms with van der Waals surface area (Å²) in [7, 11) is 1.26. The number of rotatable bonds is 3. The molecule has 0 radical (unpaired) electrons. The Morgan fingerprint density at radius 3 is 2.42 bits per heavy atom. The molecule has 1 atom stereocenters. The van der Waals surface area contributed by atoms with Gasteiger partial charge in [-0.15, -0.1) is 0 Å². The monoisotopic (exact) mass is 269 g/mol. The maximum atomic E-state index is 12.2. The van der Waals surface area contributed by atoms with Crippen molar-refractivity contribution in [3.05, 3.63) is 18.7 Å². The normalized spacial score (nSPS) is 12.7. The maximum Gasteiger partial charge on any atom is 0.430 e. The maximum absolute atomic E-state index is 12.2. The topological polar surface area (TPSA) is 73.7 Å². The molecule has 0 fully saturated rings. The molecule has 1 rings (SSSR count). The van der Waals surface area contributed by atoms with E-state index in [0.29, 0.717) is 0 Å². The van der Waals surface area contributed by atoms with Crippen molar-refractivity contribution in [2.24, 2.45) is 0 Å². The van der Waals surface area contributed by atoms with Gasteiger partial charge in [-0.25, -0.2) is 19.2 Å². The van der Waals surface area contributed by atoms with Crippen molar-refractivity contribution in [1.82, 2.24) is 9.66 Å². The van der Waals surface area contributed by atoms with Crippen molar-refractivity contribution >= 4 is 12.1 Å². The van der Waals surface area contributed by atoms with Gasteiger partial charge in [0.1, 0.15) is 11.9 Å². The first kappa shape index (κ1) is 15.0. The van der Waals surface area contributed by atoms with E-state index in [4.69, 9.17) is 4.74 Å². The van der Waals surface area contributed by atoms with E-state index in [9.17, 15) is 9.59 Å². The van der Waals surface area contributed by atoms with Gasteiger partial charge in [0.05, 0.1) is 7.11 Å². The molecule has 0 saturated carbocycles. The van der Waals surface area contributed by atoms with Crippen molar-refractivity contribution < 1.29 is 19.1 Å². The first-order chi connectivity index (χ1) is 8.76. The minimum absolute atomic E-state index is 0.542. The van der Waals surface area contributed by atoms with Crippen LogP contribution in [-0.4, -0.2) is 40.5 Å². The molecule has 7 nitrogen and oxygen atoms in total. The van der Waals surface area contributed by atoms with Crippen LogP contribution in [0.1, 0.15) is 27.7 Å². The number of carbonyl (C=O) groups excluding carboxylic acids is 2. The molecule has 0 bridgehead atoms. The minimum atomic E-state index is -0.825. The molecule has 19 heavy (non-hydrogen) atoms. The van der Waals surface area contributed by atoms with E-state index in [1.165, 1.54) is 24.3 Å². The number of amides is 1. The standard InChI is InChI=1S/C12H19N3O4/c1-9(10(16)18-5)15(14-7-6-13-8-14)11(17)19-12(2,3)4/h6-9H,1-5H3/t9-/m0/s1. The van der Waals surface area contributed by atoms with Crippen molar-refractivity contribution in [2.75, 3.05) is 12.1 Å². The Kier molecular flexibility index (Phi) is 4.52. The molecule has 0 aliphatic carbocycles. The van der Waals surface area contributed by atoms with Gasteiger partial charge in [-0.3, -0.25) is 0 Å².